The van der Waals surface area contributed by atoms with E-state index in [-0.39, 0.29) is 16.6 Å². The molecule has 2 atom stereocenters. The second kappa shape index (κ2) is 7.74. The summed E-state index contributed by atoms with van der Waals surface area (Å²) in [6.07, 6.45) is 1.96. The minimum atomic E-state index is -1.49. The first-order chi connectivity index (χ1) is 12.8. The fourth-order valence-corrected chi connectivity index (χ4v) is 3.63. The molecule has 1 aliphatic heterocycles. The monoisotopic (exact) mass is 398 g/mol. The Labute approximate surface area is 159 Å². The molecule has 3 rings (SSSR count). The van der Waals surface area contributed by atoms with E-state index in [4.69, 9.17) is 17.3 Å². The number of primary amides is 1. The van der Waals surface area contributed by atoms with Crippen molar-refractivity contribution < 1.29 is 18.0 Å². The Kier molecular flexibility index (Phi) is 5.57. The lowest BCUT2D eigenvalue weighted by Gasteiger charge is -2.28. The number of hydrogen-bond donors (Lipinski definition) is 2. The van der Waals surface area contributed by atoms with Crippen LogP contribution in [0.15, 0.2) is 24.4 Å². The van der Waals surface area contributed by atoms with E-state index in [0.717, 1.165) is 12.1 Å². The van der Waals surface area contributed by atoms with Crippen LogP contribution in [0.2, 0.25) is 5.02 Å². The summed E-state index contributed by atoms with van der Waals surface area (Å²) >= 11 is 6.17. The summed E-state index contributed by atoms with van der Waals surface area (Å²) in [5, 5.41) is 3.37. The highest BCUT2D eigenvalue weighted by Gasteiger charge is 2.36. The molecule has 1 saturated heterocycles. The van der Waals surface area contributed by atoms with Gasteiger partial charge in [0.1, 0.15) is 5.82 Å². The van der Waals surface area contributed by atoms with Crippen molar-refractivity contribution in [2.45, 2.75) is 25.4 Å². The average molecular weight is 399 g/mol. The highest BCUT2D eigenvalue weighted by molar-refractivity contribution is 6.33. The maximum atomic E-state index is 13.7. The Bertz CT molecular complexity index is 857. The number of nitrogens with zero attached hydrogens (tertiary/aromatic N) is 2. The van der Waals surface area contributed by atoms with E-state index in [1.165, 1.54) is 12.3 Å². The van der Waals surface area contributed by atoms with Gasteiger partial charge in [-0.15, -0.1) is 0 Å². The number of amides is 1. The Morgan fingerprint density at radius 2 is 2.00 bits per heavy atom. The smallest absolute Gasteiger partial charge is 0.250 e. The van der Waals surface area contributed by atoms with Crippen LogP contribution in [0.5, 0.6) is 0 Å². The van der Waals surface area contributed by atoms with Crippen LogP contribution in [0.4, 0.5) is 19.0 Å². The quantitative estimate of drug-likeness (QED) is 0.756. The Balaban J connectivity index is 1.92. The molecule has 2 heterocycles. The summed E-state index contributed by atoms with van der Waals surface area (Å²) in [6.45, 7) is 3.25. The van der Waals surface area contributed by atoms with E-state index in [2.05, 4.69) is 10.3 Å². The van der Waals surface area contributed by atoms with Crippen molar-refractivity contribution in [3.05, 3.63) is 58.0 Å². The second-order valence-corrected chi connectivity index (χ2v) is 6.74. The number of aromatic nitrogens is 1. The number of rotatable bonds is 5. The number of nitrogens with one attached hydrogen (secondary N) is 1. The summed E-state index contributed by atoms with van der Waals surface area (Å²) in [6, 6.07) is 2.76. The summed E-state index contributed by atoms with van der Waals surface area (Å²) in [5.74, 6) is -4.26. The molecule has 2 unspecified atom stereocenters. The van der Waals surface area contributed by atoms with Crippen LogP contribution in [0.25, 0.3) is 0 Å². The zero-order valence-corrected chi connectivity index (χ0v) is 15.2. The molecule has 0 saturated carbocycles. The first-order valence-electron chi connectivity index (χ1n) is 8.42. The molecule has 1 aromatic heterocycles. The first-order valence-corrected chi connectivity index (χ1v) is 8.80. The Morgan fingerprint density at radius 1 is 1.33 bits per heavy atom. The highest BCUT2D eigenvalue weighted by atomic mass is 35.5. The van der Waals surface area contributed by atoms with E-state index in [1.54, 1.807) is 0 Å². The number of anilines is 1. The normalized spacial score (nSPS) is 20.0. The highest BCUT2D eigenvalue weighted by Crippen LogP contribution is 2.36. The number of nitrogens with two attached hydrogens (primary N) is 1. The topological polar surface area (TPSA) is 71.2 Å². The lowest BCUT2D eigenvalue weighted by molar-refractivity contribution is 0.1000. The molecule has 27 heavy (non-hydrogen) atoms. The van der Waals surface area contributed by atoms with Crippen LogP contribution in [-0.2, 0) is 0 Å². The molecule has 0 radical (unpaired) electrons. The number of halogens is 4. The number of carbonyl (C=O) groups excluding carboxylic acids is 1. The summed E-state index contributed by atoms with van der Waals surface area (Å²) < 4.78 is 40.8. The van der Waals surface area contributed by atoms with Gasteiger partial charge in [0, 0.05) is 18.8 Å². The van der Waals surface area contributed by atoms with Crippen LogP contribution in [0, 0.1) is 17.5 Å². The fraction of sp³-hybridized carbons (Fsp3) is 0.333. The number of hydrogen-bond acceptors (Lipinski definition) is 4. The standard InChI is InChI=1S/C18H18ClF3N4O/c1-2-26-4-3-14(16(26)9-6-12(20)15(22)13(21)7-9)25-18-11(19)5-10(8-24-18)17(23)27/h5-8,14,16H,2-4H2,1H3,(H2,23,27)(H,24,25). The van der Waals surface area contributed by atoms with Crippen LogP contribution < -0.4 is 11.1 Å². The van der Waals surface area contributed by atoms with E-state index >= 15 is 0 Å². The van der Waals surface area contributed by atoms with Gasteiger partial charge >= 0.3 is 0 Å². The fourth-order valence-electron chi connectivity index (χ4n) is 3.41. The molecule has 0 bridgehead atoms. The van der Waals surface area contributed by atoms with Gasteiger partial charge < -0.3 is 11.1 Å². The van der Waals surface area contributed by atoms with E-state index < -0.39 is 29.4 Å². The first kappa shape index (κ1) is 19.4. The molecule has 144 valence electrons. The van der Waals surface area contributed by atoms with E-state index in [9.17, 15) is 18.0 Å². The number of carbonyl (C=O) groups is 1. The van der Waals surface area contributed by atoms with Crippen molar-refractivity contribution in [1.82, 2.24) is 9.88 Å². The van der Waals surface area contributed by atoms with Gasteiger partial charge in [-0.2, -0.15) is 0 Å². The van der Waals surface area contributed by atoms with Crippen molar-refractivity contribution in [2.24, 2.45) is 5.73 Å². The molecular formula is C18H18ClF3N4O. The molecule has 0 spiro atoms. The maximum absolute atomic E-state index is 13.7. The van der Waals surface area contributed by atoms with Crippen molar-refractivity contribution in [3.8, 4) is 0 Å². The predicted molar refractivity (Wildman–Crippen MR) is 96.1 cm³/mol. The van der Waals surface area contributed by atoms with Gasteiger partial charge in [0.05, 0.1) is 16.6 Å². The van der Waals surface area contributed by atoms with Crippen LogP contribution in [-0.4, -0.2) is 34.9 Å². The van der Waals surface area contributed by atoms with E-state index in [1.807, 2.05) is 11.8 Å². The predicted octanol–water partition coefficient (Wildman–Crippen LogP) is 3.50. The average Bonchev–Trinajstić information content (AvgIpc) is 3.03. The number of likely N-dealkylation sites (tertiary alicyclic amines) is 1. The molecule has 0 aliphatic carbocycles. The molecule has 1 fully saturated rings. The van der Waals surface area contributed by atoms with Gasteiger partial charge in [-0.25, -0.2) is 18.2 Å². The lowest BCUT2D eigenvalue weighted by atomic mass is 9.99. The van der Waals surface area contributed by atoms with Gasteiger partial charge in [0.15, 0.2) is 17.5 Å². The second-order valence-electron chi connectivity index (χ2n) is 6.33. The van der Waals surface area contributed by atoms with Gasteiger partial charge in [-0.05, 0) is 36.7 Å². The van der Waals surface area contributed by atoms with Crippen LogP contribution >= 0.6 is 11.6 Å². The van der Waals surface area contributed by atoms with Crippen LogP contribution in [0.3, 0.4) is 0 Å². The SMILES string of the molecule is CCN1CCC(Nc2ncc(C(N)=O)cc2Cl)C1c1cc(F)c(F)c(F)c1. The molecule has 3 N–H and O–H groups in total. The molecule has 2 aromatic rings. The van der Waals surface area contributed by atoms with Gasteiger partial charge in [0.25, 0.3) is 0 Å². The third kappa shape index (κ3) is 3.86. The number of benzene rings is 1. The molecule has 9 heteroatoms. The molecule has 1 amide bonds. The minimum Gasteiger partial charge on any atom is -0.366 e. The number of pyridine rings is 1. The molecule has 1 aromatic carbocycles. The Morgan fingerprint density at radius 3 is 2.56 bits per heavy atom. The summed E-state index contributed by atoms with van der Waals surface area (Å²) in [7, 11) is 0. The molecular weight excluding hydrogens is 381 g/mol. The van der Waals surface area contributed by atoms with Crippen molar-refractivity contribution >= 4 is 23.3 Å². The zero-order valence-electron chi connectivity index (χ0n) is 14.5. The zero-order chi connectivity index (χ0) is 19.7. The molecule has 1 aliphatic rings. The molecule has 5 nitrogen and oxygen atoms in total. The van der Waals surface area contributed by atoms with Gasteiger partial charge in [-0.1, -0.05) is 18.5 Å². The largest absolute Gasteiger partial charge is 0.366 e. The van der Waals surface area contributed by atoms with Crippen LogP contribution in [0.1, 0.15) is 35.3 Å². The summed E-state index contributed by atoms with van der Waals surface area (Å²) in [5.41, 5.74) is 5.70. The van der Waals surface area contributed by atoms with E-state index in [0.29, 0.717) is 30.9 Å². The van der Waals surface area contributed by atoms with Crippen molar-refractivity contribution in [1.29, 1.82) is 0 Å². The van der Waals surface area contributed by atoms with Crippen molar-refractivity contribution in [3.63, 3.8) is 0 Å². The third-order valence-corrected chi connectivity index (χ3v) is 4.99. The minimum absolute atomic E-state index is 0.173. The third-order valence-electron chi connectivity index (χ3n) is 4.70. The maximum Gasteiger partial charge on any atom is 0.250 e. The van der Waals surface area contributed by atoms with Gasteiger partial charge in [0.2, 0.25) is 5.91 Å². The summed E-state index contributed by atoms with van der Waals surface area (Å²) in [4.78, 5) is 17.4. The lowest BCUT2D eigenvalue weighted by Crippen LogP contribution is -2.32. The Hall–Kier alpha value is -2.32. The van der Waals surface area contributed by atoms with Crippen molar-refractivity contribution in [2.75, 3.05) is 18.4 Å². The number of likely N-dealkylation sites (N-methyl/N-ethyl adjacent to an activating group) is 1. The van der Waals surface area contributed by atoms with Gasteiger partial charge in [-0.3, -0.25) is 9.69 Å².